The second kappa shape index (κ2) is 4.61. The third kappa shape index (κ3) is 2.12. The van der Waals surface area contributed by atoms with Crippen LogP contribution in [0.5, 0.6) is 0 Å². The minimum Gasteiger partial charge on any atom is -0.377 e. The summed E-state index contributed by atoms with van der Waals surface area (Å²) in [6.07, 6.45) is 0. The van der Waals surface area contributed by atoms with E-state index in [1.54, 1.807) is 6.92 Å². The molecule has 0 aliphatic heterocycles. The molecular formula is C10H9F4O. The molecule has 0 aromatic heterocycles. The van der Waals surface area contributed by atoms with E-state index in [2.05, 4.69) is 6.92 Å². The molecule has 15 heavy (non-hydrogen) atoms. The van der Waals surface area contributed by atoms with Crippen LogP contribution >= 0.6 is 0 Å². The van der Waals surface area contributed by atoms with E-state index in [1.165, 1.54) is 0 Å². The van der Waals surface area contributed by atoms with Crippen molar-refractivity contribution in [3.05, 3.63) is 41.3 Å². The van der Waals surface area contributed by atoms with Gasteiger partial charge in [-0.1, -0.05) is 0 Å². The SMILES string of the molecule is [CH2]c1c(F)c(F)c(COCC)c(F)c1F. The Bertz CT molecular complexity index is 347. The largest absolute Gasteiger partial charge is 0.377 e. The van der Waals surface area contributed by atoms with Crippen molar-refractivity contribution in [3.8, 4) is 0 Å². The molecule has 1 aromatic carbocycles. The molecule has 0 unspecified atom stereocenters. The summed E-state index contributed by atoms with van der Waals surface area (Å²) in [4.78, 5) is 0. The predicted molar refractivity (Wildman–Crippen MR) is 46.1 cm³/mol. The maximum absolute atomic E-state index is 13.1. The molecule has 0 saturated heterocycles. The quantitative estimate of drug-likeness (QED) is 0.563. The minimum absolute atomic E-state index is 0.189. The fraction of sp³-hybridized carbons (Fsp3) is 0.300. The Morgan fingerprint density at radius 3 is 1.87 bits per heavy atom. The average Bonchev–Trinajstić information content (AvgIpc) is 2.24. The fourth-order valence-electron chi connectivity index (χ4n) is 1.05. The zero-order chi connectivity index (χ0) is 11.6. The van der Waals surface area contributed by atoms with Crippen molar-refractivity contribution < 1.29 is 22.3 Å². The van der Waals surface area contributed by atoms with E-state index in [0.29, 0.717) is 0 Å². The first kappa shape index (κ1) is 12.0. The molecule has 1 rings (SSSR count). The summed E-state index contributed by atoms with van der Waals surface area (Å²) in [6, 6.07) is 0. The fourth-order valence-corrected chi connectivity index (χ4v) is 1.05. The van der Waals surface area contributed by atoms with Crippen LogP contribution in [0.2, 0.25) is 0 Å². The van der Waals surface area contributed by atoms with Gasteiger partial charge in [0.05, 0.1) is 12.2 Å². The first-order chi connectivity index (χ1) is 7.00. The summed E-state index contributed by atoms with van der Waals surface area (Å²) >= 11 is 0. The molecule has 0 aliphatic carbocycles. The lowest BCUT2D eigenvalue weighted by atomic mass is 10.1. The molecule has 1 aromatic rings. The highest BCUT2D eigenvalue weighted by molar-refractivity contribution is 5.31. The van der Waals surface area contributed by atoms with E-state index in [0.717, 1.165) is 0 Å². The third-order valence-corrected chi connectivity index (χ3v) is 1.90. The Kier molecular flexibility index (Phi) is 3.68. The van der Waals surface area contributed by atoms with Crippen LogP contribution in [0.4, 0.5) is 17.6 Å². The van der Waals surface area contributed by atoms with Gasteiger partial charge >= 0.3 is 0 Å². The number of hydrogen-bond acceptors (Lipinski definition) is 1. The van der Waals surface area contributed by atoms with Crippen LogP contribution in [-0.4, -0.2) is 6.61 Å². The van der Waals surface area contributed by atoms with Gasteiger partial charge in [0.15, 0.2) is 23.3 Å². The first-order valence-electron chi connectivity index (χ1n) is 4.25. The second-order valence-electron chi connectivity index (χ2n) is 2.85. The van der Waals surface area contributed by atoms with Crippen molar-refractivity contribution in [2.24, 2.45) is 0 Å². The molecule has 0 N–H and O–H groups in total. The van der Waals surface area contributed by atoms with Gasteiger partial charge in [-0.2, -0.15) is 0 Å². The Labute approximate surface area is 84.7 Å². The topological polar surface area (TPSA) is 9.23 Å². The number of rotatable bonds is 3. The Morgan fingerprint density at radius 2 is 1.47 bits per heavy atom. The zero-order valence-electron chi connectivity index (χ0n) is 8.04. The summed E-state index contributed by atoms with van der Waals surface area (Å²) in [5.74, 6) is -5.87. The lowest BCUT2D eigenvalue weighted by molar-refractivity contribution is 0.127. The summed E-state index contributed by atoms with van der Waals surface area (Å²) in [7, 11) is 0. The predicted octanol–water partition coefficient (Wildman–Crippen LogP) is 2.96. The van der Waals surface area contributed by atoms with E-state index < -0.39 is 41.0 Å². The van der Waals surface area contributed by atoms with Crippen LogP contribution in [0, 0.1) is 30.2 Å². The van der Waals surface area contributed by atoms with Crippen molar-refractivity contribution in [2.45, 2.75) is 13.5 Å². The van der Waals surface area contributed by atoms with Gasteiger partial charge in [0.1, 0.15) is 0 Å². The molecule has 0 saturated carbocycles. The van der Waals surface area contributed by atoms with Gasteiger partial charge in [-0.3, -0.25) is 0 Å². The van der Waals surface area contributed by atoms with Crippen LogP contribution in [0.1, 0.15) is 18.1 Å². The van der Waals surface area contributed by atoms with Crippen LogP contribution in [0.15, 0.2) is 0 Å². The molecule has 5 heteroatoms. The van der Waals surface area contributed by atoms with Crippen molar-refractivity contribution in [1.82, 2.24) is 0 Å². The summed E-state index contributed by atoms with van der Waals surface area (Å²) < 4.78 is 56.9. The van der Waals surface area contributed by atoms with Crippen molar-refractivity contribution in [1.29, 1.82) is 0 Å². The van der Waals surface area contributed by atoms with Crippen molar-refractivity contribution >= 4 is 0 Å². The van der Waals surface area contributed by atoms with Crippen LogP contribution in [-0.2, 0) is 11.3 Å². The monoisotopic (exact) mass is 221 g/mol. The van der Waals surface area contributed by atoms with E-state index in [-0.39, 0.29) is 6.61 Å². The van der Waals surface area contributed by atoms with E-state index >= 15 is 0 Å². The van der Waals surface area contributed by atoms with Crippen LogP contribution in [0.25, 0.3) is 0 Å². The van der Waals surface area contributed by atoms with Crippen LogP contribution < -0.4 is 0 Å². The smallest absolute Gasteiger partial charge is 0.167 e. The van der Waals surface area contributed by atoms with Gasteiger partial charge in [-0.25, -0.2) is 17.6 Å². The summed E-state index contributed by atoms with van der Waals surface area (Å²) in [6.45, 7) is 4.16. The first-order valence-corrected chi connectivity index (χ1v) is 4.25. The molecule has 0 amide bonds. The molecule has 1 radical (unpaired) electrons. The molecule has 83 valence electrons. The lowest BCUT2D eigenvalue weighted by Crippen LogP contribution is -2.07. The molecule has 0 fully saturated rings. The standard InChI is InChI=1S/C10H9F4O/c1-3-15-4-6-9(13)7(11)5(2)8(12)10(6)14/h2-4H2,1H3. The number of benzene rings is 1. The van der Waals surface area contributed by atoms with Crippen LogP contribution in [0.3, 0.4) is 0 Å². The molecule has 0 aliphatic rings. The van der Waals surface area contributed by atoms with E-state index in [4.69, 9.17) is 4.74 Å². The normalized spacial score (nSPS) is 10.8. The molecule has 0 heterocycles. The van der Waals surface area contributed by atoms with Gasteiger partial charge in [-0.15, -0.1) is 0 Å². The van der Waals surface area contributed by atoms with Gasteiger partial charge < -0.3 is 4.74 Å². The van der Waals surface area contributed by atoms with E-state index in [1.807, 2.05) is 0 Å². The highest BCUT2D eigenvalue weighted by Crippen LogP contribution is 2.23. The third-order valence-electron chi connectivity index (χ3n) is 1.90. The Hall–Kier alpha value is -1.10. The second-order valence-corrected chi connectivity index (χ2v) is 2.85. The molecule has 0 bridgehead atoms. The van der Waals surface area contributed by atoms with Crippen molar-refractivity contribution in [2.75, 3.05) is 6.61 Å². The average molecular weight is 221 g/mol. The highest BCUT2D eigenvalue weighted by Gasteiger charge is 2.22. The number of ether oxygens (including phenoxy) is 1. The zero-order valence-corrected chi connectivity index (χ0v) is 8.04. The highest BCUT2D eigenvalue weighted by atomic mass is 19.2. The maximum Gasteiger partial charge on any atom is 0.167 e. The Balaban J connectivity index is 3.26. The number of hydrogen-bond donors (Lipinski definition) is 0. The van der Waals surface area contributed by atoms with Gasteiger partial charge in [0.25, 0.3) is 0 Å². The Morgan fingerprint density at radius 1 is 1.00 bits per heavy atom. The lowest BCUT2D eigenvalue weighted by Gasteiger charge is -2.09. The number of halogens is 4. The van der Waals surface area contributed by atoms with Gasteiger partial charge in [-0.05, 0) is 13.8 Å². The van der Waals surface area contributed by atoms with E-state index in [9.17, 15) is 17.6 Å². The minimum atomic E-state index is -1.48. The maximum atomic E-state index is 13.1. The molecule has 1 nitrogen and oxygen atoms in total. The van der Waals surface area contributed by atoms with Gasteiger partial charge in [0.2, 0.25) is 0 Å². The summed E-state index contributed by atoms with van der Waals surface area (Å²) in [5.41, 5.74) is -1.66. The molecular weight excluding hydrogens is 212 g/mol. The van der Waals surface area contributed by atoms with Gasteiger partial charge in [0, 0.05) is 12.2 Å². The molecule has 0 spiro atoms. The van der Waals surface area contributed by atoms with Crippen molar-refractivity contribution in [3.63, 3.8) is 0 Å². The summed E-state index contributed by atoms with van der Waals surface area (Å²) in [5, 5.41) is 0. The molecule has 0 atom stereocenters.